The summed E-state index contributed by atoms with van der Waals surface area (Å²) in [5, 5.41) is 15.4. The molecule has 21 aromatic rings. The molecule has 0 aliphatic rings. The van der Waals surface area contributed by atoms with Crippen molar-refractivity contribution in [2.45, 2.75) is 54.6 Å². The molecule has 0 saturated heterocycles. The third kappa shape index (κ3) is 12.8. The molecule has 0 aliphatic carbocycles. The summed E-state index contributed by atoms with van der Waals surface area (Å²) in [6.45, 7) is 15.1. The highest BCUT2D eigenvalue weighted by molar-refractivity contribution is 6.24. The molecule has 19 aromatic carbocycles. The van der Waals surface area contributed by atoms with E-state index in [1.807, 2.05) is 0 Å². The van der Waals surface area contributed by atoms with Crippen molar-refractivity contribution in [3.8, 4) is 122 Å². The molecule has 0 aliphatic heterocycles. The highest BCUT2D eigenvalue weighted by Gasteiger charge is 2.23. The molecule has 2 aromatic heterocycles. The summed E-state index contributed by atoms with van der Waals surface area (Å²) in [7, 11) is 0. The predicted molar refractivity (Wildman–Crippen MR) is 499 cm³/mol. The number of rotatable bonds is 13. The van der Waals surface area contributed by atoms with Gasteiger partial charge in [0.1, 0.15) is 0 Å². The molecular weight excluding hydrogens is 1400 g/mol. The lowest BCUT2D eigenvalue weighted by Crippen LogP contribution is -1.93. The molecule has 0 fully saturated rings. The Labute approximate surface area is 678 Å². The fourth-order valence-electron chi connectivity index (χ4n) is 18.5. The van der Waals surface area contributed by atoms with Crippen LogP contribution in [0.4, 0.5) is 0 Å². The van der Waals surface area contributed by atoms with Crippen LogP contribution < -0.4 is 0 Å². The first-order valence-electron chi connectivity index (χ1n) is 40.8. The molecule has 552 valence electrons. The monoisotopic (exact) mass is 1480 g/mol. The quantitative estimate of drug-likeness (QED) is 0.102. The maximum Gasteiger partial charge on any atom is 0.0491 e. The van der Waals surface area contributed by atoms with Crippen molar-refractivity contribution in [1.29, 1.82) is 0 Å². The van der Waals surface area contributed by atoms with Crippen LogP contribution in [0.5, 0.6) is 0 Å². The molecule has 0 saturated carbocycles. The molecule has 2 heteroatoms. The van der Waals surface area contributed by atoms with E-state index in [-0.39, 0.29) is 0 Å². The van der Waals surface area contributed by atoms with E-state index in [2.05, 4.69) is 439 Å². The summed E-state index contributed by atoms with van der Waals surface area (Å²) in [4.78, 5) is 0. The topological polar surface area (TPSA) is 9.86 Å². The van der Waals surface area contributed by atoms with Crippen LogP contribution >= 0.6 is 0 Å². The fraction of sp³-hybridized carbons (Fsp3) is 0.0702. The number of nitrogens with zero attached hydrogens (tertiary/aromatic N) is 2. The number of aryl methyl sites for hydroxylation is 6. The van der Waals surface area contributed by atoms with Gasteiger partial charge in [-0.05, 0) is 256 Å². The van der Waals surface area contributed by atoms with Crippen LogP contribution in [0.1, 0.15) is 36.1 Å². The molecule has 0 amide bonds. The second-order valence-corrected chi connectivity index (χ2v) is 31.5. The van der Waals surface area contributed by atoms with Gasteiger partial charge in [-0.1, -0.05) is 362 Å². The average molecular weight is 1480 g/mol. The van der Waals surface area contributed by atoms with Gasteiger partial charge in [0.25, 0.3) is 0 Å². The third-order valence-corrected chi connectivity index (χ3v) is 24.2. The maximum atomic E-state index is 2.44. The van der Waals surface area contributed by atoms with E-state index in [0.29, 0.717) is 0 Å². The minimum absolute atomic E-state index is 0.924. The molecule has 0 N–H and O–H groups in total. The Kier molecular flexibility index (Phi) is 18.2. The van der Waals surface area contributed by atoms with E-state index in [0.717, 1.165) is 13.1 Å². The van der Waals surface area contributed by atoms with Gasteiger partial charge in [0, 0.05) is 56.7 Å². The zero-order chi connectivity index (χ0) is 78.1. The summed E-state index contributed by atoms with van der Waals surface area (Å²) < 4.78 is 4.88. The number of hydrogen-bond donors (Lipinski definition) is 0. The first-order valence-corrected chi connectivity index (χ1v) is 40.8. The third-order valence-electron chi connectivity index (χ3n) is 24.2. The summed E-state index contributed by atoms with van der Waals surface area (Å²) >= 11 is 0. The Morgan fingerprint density at radius 3 is 0.526 bits per heavy atom. The molecule has 116 heavy (non-hydrogen) atoms. The van der Waals surface area contributed by atoms with Crippen molar-refractivity contribution < 1.29 is 0 Å². The van der Waals surface area contributed by atoms with E-state index in [9.17, 15) is 0 Å². The van der Waals surface area contributed by atoms with Gasteiger partial charge in [-0.3, -0.25) is 0 Å². The van der Waals surface area contributed by atoms with Crippen molar-refractivity contribution in [3.05, 3.63) is 411 Å². The highest BCUT2D eigenvalue weighted by atomic mass is 15.0. The molecule has 2 nitrogen and oxygen atoms in total. The number of benzene rings is 19. The van der Waals surface area contributed by atoms with Crippen LogP contribution in [0.15, 0.2) is 388 Å². The summed E-state index contributed by atoms with van der Waals surface area (Å²) in [5.74, 6) is 0. The van der Waals surface area contributed by atoms with Gasteiger partial charge in [0.05, 0.1) is 0 Å². The maximum absolute atomic E-state index is 2.44. The highest BCUT2D eigenvalue weighted by Crippen LogP contribution is 2.49. The van der Waals surface area contributed by atoms with Crippen LogP contribution in [0.2, 0.25) is 0 Å². The second-order valence-electron chi connectivity index (χ2n) is 31.5. The lowest BCUT2D eigenvalue weighted by Gasteiger charge is -2.19. The van der Waals surface area contributed by atoms with Gasteiger partial charge in [-0.25, -0.2) is 0 Å². The van der Waals surface area contributed by atoms with Crippen molar-refractivity contribution in [1.82, 2.24) is 9.13 Å². The fourth-order valence-corrected chi connectivity index (χ4v) is 18.5. The van der Waals surface area contributed by atoms with Crippen molar-refractivity contribution in [2.24, 2.45) is 0 Å². The Balaban J connectivity index is 0.000000150. The number of hydrogen-bond acceptors (Lipinski definition) is 0. The van der Waals surface area contributed by atoms with Gasteiger partial charge >= 0.3 is 0 Å². The van der Waals surface area contributed by atoms with Gasteiger partial charge in [0.2, 0.25) is 0 Å². The molecule has 0 radical (unpaired) electrons. The summed E-state index contributed by atoms with van der Waals surface area (Å²) in [6.07, 6.45) is 0. The van der Waals surface area contributed by atoms with Crippen LogP contribution in [0.3, 0.4) is 0 Å². The van der Waals surface area contributed by atoms with E-state index in [4.69, 9.17) is 0 Å². The van der Waals surface area contributed by atoms with Crippen molar-refractivity contribution >= 4 is 86.7 Å². The molecule has 0 bridgehead atoms. The van der Waals surface area contributed by atoms with Gasteiger partial charge in [-0.15, -0.1) is 0 Å². The Morgan fingerprint density at radius 2 is 0.319 bits per heavy atom. The lowest BCUT2D eigenvalue weighted by molar-refractivity contribution is 0.827. The lowest BCUT2D eigenvalue weighted by atomic mass is 9.84. The average Bonchev–Trinajstić information content (AvgIpc) is 1.08. The largest absolute Gasteiger partial charge is 0.341 e. The smallest absolute Gasteiger partial charge is 0.0491 e. The normalized spacial score (nSPS) is 11.6. The van der Waals surface area contributed by atoms with Gasteiger partial charge in [0.15, 0.2) is 0 Å². The minimum atomic E-state index is 0.924. The van der Waals surface area contributed by atoms with Crippen LogP contribution in [-0.4, -0.2) is 9.13 Å². The zero-order valence-electron chi connectivity index (χ0n) is 66.3. The molecule has 21 rings (SSSR count). The second kappa shape index (κ2) is 29.7. The van der Waals surface area contributed by atoms with Crippen molar-refractivity contribution in [3.63, 3.8) is 0 Å². The predicted octanol–water partition coefficient (Wildman–Crippen LogP) is 31.8. The number of fused-ring (bicyclic) bond motifs is 10. The van der Waals surface area contributed by atoms with Gasteiger partial charge in [-0.2, -0.15) is 0 Å². The van der Waals surface area contributed by atoms with Crippen molar-refractivity contribution in [2.75, 3.05) is 0 Å². The first kappa shape index (κ1) is 70.9. The van der Waals surface area contributed by atoms with Crippen LogP contribution in [0, 0.1) is 27.7 Å². The van der Waals surface area contributed by atoms with Crippen LogP contribution in [-0.2, 0) is 13.1 Å². The summed E-state index contributed by atoms with van der Waals surface area (Å²) in [6, 6.07) is 144. The minimum Gasteiger partial charge on any atom is -0.341 e. The van der Waals surface area contributed by atoms with E-state index < -0.39 is 0 Å². The van der Waals surface area contributed by atoms with E-state index >= 15 is 0 Å². The molecule has 0 unspecified atom stereocenters. The number of aromatic nitrogens is 2. The Hall–Kier alpha value is -14.2. The van der Waals surface area contributed by atoms with E-state index in [1.54, 1.807) is 0 Å². The first-order chi connectivity index (χ1) is 57.0. The van der Waals surface area contributed by atoms with Gasteiger partial charge < -0.3 is 9.13 Å². The molecule has 0 spiro atoms. The molecular formula is C114H86N2. The molecule has 0 atom stereocenters. The summed E-state index contributed by atoms with van der Waals surface area (Å²) in [5.41, 5.74) is 37.5. The van der Waals surface area contributed by atoms with Crippen LogP contribution in [0.25, 0.3) is 209 Å². The zero-order valence-corrected chi connectivity index (χ0v) is 66.3. The standard InChI is InChI=1S/C60H45N.C54H41N/c1-4-61-57-33-29-49(42-13-9-6-10-14-42)37-53(57)54-38-50(30-34-58(54)61)46-23-27-48(28-24-46)60-52-32-16-39(2)35-55(52)59(51-31-15-40(3)36-56(51)60)47-25-21-45(22-26-47)44-19-17-43(18-20-44)41-11-7-5-8-12-41;1-4-55-51-29-25-43(38-13-9-6-10-14-38)33-47(51)48-34-44(26-30-52(48)55)40-19-23-42(24-20-40)54-46-28-16-35(2)31-49(46)53(45-27-15-36(3)32-50(45)54)41-21-17-39(18-22-41)37-11-7-5-8-12-37/h5-38H,4H2,1-3H3;5-34H,4H2,1-3H3. The Morgan fingerprint density at radius 1 is 0.147 bits per heavy atom. The Bertz CT molecular complexity index is 7330. The SMILES string of the molecule is CCn1c2ccc(-c3ccccc3)cc2c2cc(-c3ccc(-c4c5ccc(C)cc5c(-c5ccc(-c6ccc(-c7ccccc7)cc6)cc5)c5ccc(C)cc45)cc3)ccc21.CCn1c2ccc(-c3ccccc3)cc2c2cc(-c3ccc(-c4c5ccc(C)cc5c(-c5ccc(-c6ccccc6)cc5)c5ccc(C)cc45)cc3)ccc21. The van der Waals surface area contributed by atoms with E-state index in [1.165, 1.54) is 231 Å². The molecule has 2 heterocycles.